The largest absolute Gasteiger partial charge is 0.460 e. The highest BCUT2D eigenvalue weighted by atomic mass is 35.5. The summed E-state index contributed by atoms with van der Waals surface area (Å²) < 4.78 is 10.6. The summed E-state index contributed by atoms with van der Waals surface area (Å²) >= 11 is 7.62. The van der Waals surface area contributed by atoms with Gasteiger partial charge in [0.1, 0.15) is 12.2 Å². The lowest BCUT2D eigenvalue weighted by atomic mass is 10.1. The average molecular weight is 403 g/mol. The van der Waals surface area contributed by atoms with Crippen molar-refractivity contribution in [3.63, 3.8) is 0 Å². The van der Waals surface area contributed by atoms with Crippen molar-refractivity contribution in [2.45, 2.75) is 32.3 Å². The highest BCUT2D eigenvalue weighted by Gasteiger charge is 2.12. The zero-order valence-electron chi connectivity index (χ0n) is 15.3. The lowest BCUT2D eigenvalue weighted by Crippen LogP contribution is -2.09. The molecule has 0 saturated carbocycles. The van der Waals surface area contributed by atoms with Crippen LogP contribution in [-0.2, 0) is 16.1 Å². The van der Waals surface area contributed by atoms with Crippen LogP contribution in [-0.4, -0.2) is 11.7 Å². The van der Waals surface area contributed by atoms with Gasteiger partial charge in [-0.25, -0.2) is 4.79 Å². The molecule has 0 unspecified atom stereocenters. The van der Waals surface area contributed by atoms with Gasteiger partial charge in [0.05, 0.1) is 5.75 Å². The molecule has 0 N–H and O–H groups in total. The second-order valence-electron chi connectivity index (χ2n) is 6.41. The van der Waals surface area contributed by atoms with Crippen molar-refractivity contribution >= 4 is 40.3 Å². The minimum Gasteiger partial charge on any atom is -0.460 e. The van der Waals surface area contributed by atoms with Crippen molar-refractivity contribution < 1.29 is 13.9 Å². The minimum absolute atomic E-state index is 0.00627. The Bertz CT molecular complexity index is 1070. The zero-order chi connectivity index (χ0) is 19.6. The fourth-order valence-corrected chi connectivity index (χ4v) is 3.75. The van der Waals surface area contributed by atoms with Crippen LogP contribution in [0.5, 0.6) is 0 Å². The van der Waals surface area contributed by atoms with Crippen LogP contribution in [0.3, 0.4) is 0 Å². The van der Waals surface area contributed by atoms with Crippen molar-refractivity contribution in [3.8, 4) is 0 Å². The van der Waals surface area contributed by atoms with E-state index in [0.717, 1.165) is 21.6 Å². The van der Waals surface area contributed by atoms with Crippen molar-refractivity contribution in [2.75, 3.05) is 5.75 Å². The molecule has 0 radical (unpaired) electrons. The Morgan fingerprint density at radius 3 is 2.67 bits per heavy atom. The number of hydrogen-bond acceptors (Lipinski definition) is 5. The lowest BCUT2D eigenvalue weighted by molar-refractivity contribution is -0.141. The van der Waals surface area contributed by atoms with E-state index in [1.807, 2.05) is 39.0 Å². The highest BCUT2D eigenvalue weighted by molar-refractivity contribution is 8.00. The fraction of sp³-hybridized carbons (Fsp3) is 0.238. The second-order valence-corrected chi connectivity index (χ2v) is 7.83. The maximum Gasteiger partial charge on any atom is 0.336 e. The third kappa shape index (κ3) is 4.73. The summed E-state index contributed by atoms with van der Waals surface area (Å²) in [5, 5.41) is 1.23. The van der Waals surface area contributed by atoms with Crippen LogP contribution in [0.2, 0.25) is 5.02 Å². The number of aryl methyl sites for hydroxylation is 3. The number of halogens is 1. The monoisotopic (exact) mass is 402 g/mol. The summed E-state index contributed by atoms with van der Waals surface area (Å²) in [4.78, 5) is 25.0. The molecular formula is C21H19ClO4S. The van der Waals surface area contributed by atoms with Gasteiger partial charge in [0.25, 0.3) is 0 Å². The molecule has 0 aliphatic rings. The molecule has 0 atom stereocenters. The number of fused-ring (bicyclic) bond motifs is 1. The van der Waals surface area contributed by atoms with Crippen LogP contribution < -0.4 is 5.63 Å². The van der Waals surface area contributed by atoms with E-state index >= 15 is 0 Å². The Hall–Kier alpha value is -2.24. The molecule has 0 spiro atoms. The number of carbonyl (C=O) groups excluding carboxylic acids is 1. The van der Waals surface area contributed by atoms with Gasteiger partial charge in [-0.3, -0.25) is 4.79 Å². The van der Waals surface area contributed by atoms with Gasteiger partial charge in [-0.05, 0) is 50.1 Å². The molecule has 1 heterocycles. The number of esters is 1. The van der Waals surface area contributed by atoms with E-state index in [9.17, 15) is 9.59 Å². The predicted molar refractivity (Wildman–Crippen MR) is 109 cm³/mol. The number of thioether (sulfide) groups is 1. The van der Waals surface area contributed by atoms with Gasteiger partial charge in [0.15, 0.2) is 0 Å². The van der Waals surface area contributed by atoms with Gasteiger partial charge < -0.3 is 9.15 Å². The van der Waals surface area contributed by atoms with E-state index in [1.54, 1.807) is 12.1 Å². The molecule has 3 aromatic rings. The van der Waals surface area contributed by atoms with Gasteiger partial charge >= 0.3 is 11.6 Å². The molecule has 0 aliphatic heterocycles. The van der Waals surface area contributed by atoms with E-state index in [4.69, 9.17) is 20.8 Å². The van der Waals surface area contributed by atoms with Crippen molar-refractivity contribution in [1.29, 1.82) is 0 Å². The summed E-state index contributed by atoms with van der Waals surface area (Å²) in [5.74, 6) is -0.149. The summed E-state index contributed by atoms with van der Waals surface area (Å²) in [7, 11) is 0. The highest BCUT2D eigenvalue weighted by Crippen LogP contribution is 2.26. The van der Waals surface area contributed by atoms with Crippen LogP contribution in [0.15, 0.2) is 50.5 Å². The first-order valence-electron chi connectivity index (χ1n) is 8.42. The lowest BCUT2D eigenvalue weighted by Gasteiger charge is -2.09. The molecule has 0 bridgehead atoms. The van der Waals surface area contributed by atoms with E-state index in [1.165, 1.54) is 17.8 Å². The number of hydrogen-bond donors (Lipinski definition) is 0. The second kappa shape index (κ2) is 8.19. The molecule has 4 nitrogen and oxygen atoms in total. The number of benzene rings is 2. The average Bonchev–Trinajstić information content (AvgIpc) is 2.62. The van der Waals surface area contributed by atoms with Gasteiger partial charge in [-0.1, -0.05) is 29.3 Å². The predicted octanol–water partition coefficient (Wildman–Crippen LogP) is 5.21. The minimum atomic E-state index is -0.486. The molecule has 6 heteroatoms. The Morgan fingerprint density at radius 2 is 1.89 bits per heavy atom. The Balaban J connectivity index is 1.71. The molecule has 27 heavy (non-hydrogen) atoms. The fourth-order valence-electron chi connectivity index (χ4n) is 2.67. The molecule has 0 fully saturated rings. The van der Waals surface area contributed by atoms with E-state index in [-0.39, 0.29) is 18.3 Å². The molecule has 3 rings (SSSR count). The summed E-state index contributed by atoms with van der Waals surface area (Å²) in [6, 6.07) is 10.9. The van der Waals surface area contributed by atoms with Gasteiger partial charge in [0, 0.05) is 26.9 Å². The summed E-state index contributed by atoms with van der Waals surface area (Å²) in [6.45, 7) is 5.85. The van der Waals surface area contributed by atoms with Crippen LogP contribution in [0.4, 0.5) is 0 Å². The van der Waals surface area contributed by atoms with Crippen LogP contribution in [0, 0.1) is 20.8 Å². The van der Waals surface area contributed by atoms with Crippen LogP contribution in [0.25, 0.3) is 11.0 Å². The summed E-state index contributed by atoms with van der Waals surface area (Å²) in [5.41, 5.74) is 3.60. The quantitative estimate of drug-likeness (QED) is 0.333. The summed E-state index contributed by atoms with van der Waals surface area (Å²) in [6.07, 6.45) is 0. The molecule has 2 aromatic carbocycles. The van der Waals surface area contributed by atoms with Gasteiger partial charge in [0.2, 0.25) is 0 Å². The SMILES string of the molecule is Cc1ccc(C)c(SCC(=O)OCc2cc(=O)oc3cc(C)c(Cl)cc23)c1. The molecule has 140 valence electrons. The topological polar surface area (TPSA) is 56.5 Å². The van der Waals surface area contributed by atoms with E-state index in [2.05, 4.69) is 0 Å². The Kier molecular flexibility index (Phi) is 5.92. The van der Waals surface area contributed by atoms with Crippen molar-refractivity contribution in [2.24, 2.45) is 0 Å². The van der Waals surface area contributed by atoms with E-state index < -0.39 is 5.63 Å². The number of rotatable bonds is 5. The van der Waals surface area contributed by atoms with Crippen LogP contribution >= 0.6 is 23.4 Å². The smallest absolute Gasteiger partial charge is 0.336 e. The van der Waals surface area contributed by atoms with Crippen molar-refractivity contribution in [3.05, 3.63) is 74.1 Å². The third-order valence-electron chi connectivity index (χ3n) is 4.19. The standard InChI is InChI=1S/C21H19ClO4S/c1-12-4-5-13(2)19(6-12)27-11-21(24)25-10-15-8-20(23)26-18-7-14(3)17(22)9-16(15)18/h4-9H,10-11H2,1-3H3. The first kappa shape index (κ1) is 19.5. The normalized spacial score (nSPS) is 11.0. The molecule has 1 aromatic heterocycles. The molecular weight excluding hydrogens is 384 g/mol. The van der Waals surface area contributed by atoms with Crippen LogP contribution in [0.1, 0.15) is 22.3 Å². The molecule has 0 saturated heterocycles. The third-order valence-corrected chi connectivity index (χ3v) is 5.73. The first-order valence-corrected chi connectivity index (χ1v) is 9.78. The number of ether oxygens (including phenoxy) is 1. The number of carbonyl (C=O) groups is 1. The molecule has 0 amide bonds. The Morgan fingerprint density at radius 1 is 1.11 bits per heavy atom. The van der Waals surface area contributed by atoms with Gasteiger partial charge in [-0.2, -0.15) is 0 Å². The van der Waals surface area contributed by atoms with E-state index in [0.29, 0.717) is 21.6 Å². The Labute approximate surface area is 166 Å². The molecule has 0 aliphatic carbocycles. The maximum atomic E-state index is 12.2. The zero-order valence-corrected chi connectivity index (χ0v) is 16.9. The van der Waals surface area contributed by atoms with Crippen molar-refractivity contribution in [1.82, 2.24) is 0 Å². The van der Waals surface area contributed by atoms with Gasteiger partial charge in [-0.15, -0.1) is 11.8 Å². The first-order chi connectivity index (χ1) is 12.8. The maximum absolute atomic E-state index is 12.2.